The predicted octanol–water partition coefficient (Wildman–Crippen LogP) is -0.643. The number of hydrogen-bond acceptors (Lipinski definition) is 2. The molecule has 0 aliphatic carbocycles. The molecule has 3 nitrogen and oxygen atoms in total. The third kappa shape index (κ3) is 1.66. The molecule has 0 rings (SSSR count). The smallest absolute Gasteiger partial charge is 0.295 e. The van der Waals surface area contributed by atoms with Gasteiger partial charge in [-0.15, -0.1) is 0 Å². The lowest BCUT2D eigenvalue weighted by molar-refractivity contribution is -0.112. The highest BCUT2D eigenvalue weighted by molar-refractivity contribution is 7.81. The van der Waals surface area contributed by atoms with Crippen LogP contribution in [0.2, 0.25) is 0 Å². The zero-order valence-electron chi connectivity index (χ0n) is 2.84. The van der Waals surface area contributed by atoms with E-state index in [1.165, 1.54) is 0 Å². The van der Waals surface area contributed by atoms with Crippen LogP contribution in [-0.2, 0) is 4.79 Å². The van der Waals surface area contributed by atoms with Crippen LogP contribution >= 0.6 is 12.2 Å². The monoisotopic (exact) mass is 105 g/mol. The zero-order valence-corrected chi connectivity index (χ0v) is 3.66. The number of amides is 1. The van der Waals surface area contributed by atoms with Gasteiger partial charge in [-0.2, -0.15) is 0 Å². The Morgan fingerprint density at radius 3 is 2.00 bits per heavy atom. The van der Waals surface area contributed by atoms with Crippen molar-refractivity contribution < 1.29 is 9.90 Å². The molecule has 3 N–H and O–H groups in total. The largest absolute Gasteiger partial charge is 0.495 e. The molecule has 0 aliphatic heterocycles. The van der Waals surface area contributed by atoms with Crippen LogP contribution in [0.4, 0.5) is 0 Å². The molecule has 0 heterocycles. The minimum atomic E-state index is -0.954. The van der Waals surface area contributed by atoms with Gasteiger partial charge >= 0.3 is 0 Å². The van der Waals surface area contributed by atoms with Crippen LogP contribution in [0.5, 0.6) is 0 Å². The Bertz CT molecular complexity index is 77.5. The van der Waals surface area contributed by atoms with Crippen molar-refractivity contribution in [2.75, 3.05) is 0 Å². The van der Waals surface area contributed by atoms with Crippen LogP contribution in [0.25, 0.3) is 0 Å². The van der Waals surface area contributed by atoms with Crippen molar-refractivity contribution in [3.63, 3.8) is 0 Å². The normalized spacial score (nSPS) is 7.33. The average Bonchev–Trinajstić information content (AvgIpc) is 1.36. The summed E-state index contributed by atoms with van der Waals surface area (Å²) in [5.74, 6) is -0.954. The Labute approximate surface area is 39.8 Å². The lowest BCUT2D eigenvalue weighted by Crippen LogP contribution is -2.19. The van der Waals surface area contributed by atoms with E-state index in [0.717, 1.165) is 0 Å². The number of carbonyl (C=O) groups is 1. The summed E-state index contributed by atoms with van der Waals surface area (Å²) in [6, 6.07) is 0. The summed E-state index contributed by atoms with van der Waals surface area (Å²) in [5, 5.41) is 7.12. The van der Waals surface area contributed by atoms with Crippen molar-refractivity contribution in [1.82, 2.24) is 0 Å². The van der Waals surface area contributed by atoms with E-state index in [2.05, 4.69) is 18.0 Å². The SMILES string of the molecule is NC(=O)C(O)=S. The Hall–Kier alpha value is -0.640. The third-order valence-corrected chi connectivity index (χ3v) is 0.412. The van der Waals surface area contributed by atoms with E-state index in [1.807, 2.05) is 0 Å². The summed E-state index contributed by atoms with van der Waals surface area (Å²) in [6.07, 6.45) is 0. The number of thiocarbonyl (C=S) groups is 1. The molecular formula is C2H3NO2S. The number of aliphatic hydroxyl groups is 1. The topological polar surface area (TPSA) is 63.3 Å². The van der Waals surface area contributed by atoms with Gasteiger partial charge in [0.1, 0.15) is 0 Å². The van der Waals surface area contributed by atoms with Gasteiger partial charge in [-0.25, -0.2) is 0 Å². The Morgan fingerprint density at radius 1 is 1.83 bits per heavy atom. The third-order valence-electron chi connectivity index (χ3n) is 0.211. The van der Waals surface area contributed by atoms with Crippen LogP contribution in [0.1, 0.15) is 0 Å². The molecule has 0 atom stereocenters. The van der Waals surface area contributed by atoms with E-state index in [0.29, 0.717) is 0 Å². The van der Waals surface area contributed by atoms with Crippen molar-refractivity contribution in [1.29, 1.82) is 0 Å². The fourth-order valence-corrected chi connectivity index (χ4v) is 0. The highest BCUT2D eigenvalue weighted by atomic mass is 32.1. The van der Waals surface area contributed by atoms with Gasteiger partial charge in [0, 0.05) is 0 Å². The number of nitrogens with two attached hydrogens (primary N) is 1. The van der Waals surface area contributed by atoms with Crippen LogP contribution in [0, 0.1) is 0 Å². The quantitative estimate of drug-likeness (QED) is 0.403. The Morgan fingerprint density at radius 2 is 2.00 bits per heavy atom. The van der Waals surface area contributed by atoms with Gasteiger partial charge in [-0.3, -0.25) is 4.79 Å². The molecule has 6 heavy (non-hydrogen) atoms. The van der Waals surface area contributed by atoms with Gasteiger partial charge in [0.15, 0.2) is 0 Å². The number of aliphatic hydroxyl groups excluding tert-OH is 1. The van der Waals surface area contributed by atoms with Gasteiger partial charge in [0.2, 0.25) is 5.05 Å². The summed E-state index contributed by atoms with van der Waals surface area (Å²) in [5.41, 5.74) is 4.41. The summed E-state index contributed by atoms with van der Waals surface area (Å²) in [7, 11) is 0. The Balaban J connectivity index is 3.57. The van der Waals surface area contributed by atoms with Crippen LogP contribution < -0.4 is 5.73 Å². The fraction of sp³-hybridized carbons (Fsp3) is 0. The second-order valence-electron chi connectivity index (χ2n) is 0.669. The van der Waals surface area contributed by atoms with E-state index >= 15 is 0 Å². The second kappa shape index (κ2) is 1.71. The number of rotatable bonds is 0. The molecule has 4 heteroatoms. The molecule has 0 bridgehead atoms. The molecule has 0 unspecified atom stereocenters. The second-order valence-corrected chi connectivity index (χ2v) is 1.06. The lowest BCUT2D eigenvalue weighted by Gasteiger charge is -1.78. The maximum Gasteiger partial charge on any atom is 0.295 e. The van der Waals surface area contributed by atoms with E-state index in [4.69, 9.17) is 5.11 Å². The molecule has 0 aromatic carbocycles. The summed E-state index contributed by atoms with van der Waals surface area (Å²) >= 11 is 3.90. The summed E-state index contributed by atoms with van der Waals surface area (Å²) in [6.45, 7) is 0. The lowest BCUT2D eigenvalue weighted by atomic mass is 10.7. The van der Waals surface area contributed by atoms with E-state index in [-0.39, 0.29) is 0 Å². The standard InChI is InChI=1S/C2H3NO2S/c3-1(4)2(5)6/h(H2,3,4)(H,5,6). The fourth-order valence-electron chi connectivity index (χ4n) is 0. The van der Waals surface area contributed by atoms with Gasteiger partial charge < -0.3 is 10.8 Å². The maximum atomic E-state index is 9.53. The molecule has 0 aromatic rings. The minimum Gasteiger partial charge on any atom is -0.495 e. The first-order chi connectivity index (χ1) is 2.64. The molecule has 0 aromatic heterocycles. The molecule has 0 spiro atoms. The first-order valence-electron chi connectivity index (χ1n) is 1.17. The zero-order chi connectivity index (χ0) is 5.15. The Kier molecular flexibility index (Phi) is 1.53. The molecular weight excluding hydrogens is 102 g/mol. The summed E-state index contributed by atoms with van der Waals surface area (Å²) < 4.78 is 0. The first kappa shape index (κ1) is 5.36. The molecule has 0 aliphatic rings. The van der Waals surface area contributed by atoms with Crippen molar-refractivity contribution in [2.24, 2.45) is 5.73 Å². The maximum absolute atomic E-state index is 9.53. The van der Waals surface area contributed by atoms with E-state index in [9.17, 15) is 4.79 Å². The minimum absolute atomic E-state index is 0.769. The van der Waals surface area contributed by atoms with Gasteiger partial charge in [-0.05, 0) is 12.2 Å². The van der Waals surface area contributed by atoms with E-state index in [1.54, 1.807) is 0 Å². The molecule has 0 fully saturated rings. The number of primary amides is 1. The number of carbonyl (C=O) groups excluding carboxylic acids is 1. The van der Waals surface area contributed by atoms with Crippen LogP contribution in [0.3, 0.4) is 0 Å². The van der Waals surface area contributed by atoms with Crippen LogP contribution in [0.15, 0.2) is 0 Å². The van der Waals surface area contributed by atoms with Gasteiger partial charge in [-0.1, -0.05) is 0 Å². The number of hydrogen-bond donors (Lipinski definition) is 2. The van der Waals surface area contributed by atoms with Crippen LogP contribution in [-0.4, -0.2) is 16.1 Å². The highest BCUT2D eigenvalue weighted by Gasteiger charge is 1.94. The molecule has 34 valence electrons. The molecule has 1 amide bonds. The van der Waals surface area contributed by atoms with Gasteiger partial charge in [0.05, 0.1) is 0 Å². The predicted molar refractivity (Wildman–Crippen MR) is 24.4 cm³/mol. The molecule has 0 radical (unpaired) electrons. The van der Waals surface area contributed by atoms with Crippen molar-refractivity contribution >= 4 is 23.2 Å². The van der Waals surface area contributed by atoms with Crippen molar-refractivity contribution in [3.8, 4) is 0 Å². The first-order valence-corrected chi connectivity index (χ1v) is 1.58. The summed E-state index contributed by atoms with van der Waals surface area (Å²) in [4.78, 5) is 9.53. The highest BCUT2D eigenvalue weighted by Crippen LogP contribution is 1.60. The average molecular weight is 105 g/mol. The van der Waals surface area contributed by atoms with E-state index < -0.39 is 11.0 Å². The van der Waals surface area contributed by atoms with Gasteiger partial charge in [0.25, 0.3) is 5.91 Å². The van der Waals surface area contributed by atoms with Crippen molar-refractivity contribution in [2.45, 2.75) is 0 Å². The molecule has 0 saturated heterocycles. The van der Waals surface area contributed by atoms with Crippen molar-refractivity contribution in [3.05, 3.63) is 0 Å². The molecule has 0 saturated carbocycles.